The zero-order valence-corrected chi connectivity index (χ0v) is 11.3. The van der Waals surface area contributed by atoms with Crippen molar-refractivity contribution in [2.75, 3.05) is 32.8 Å². The van der Waals surface area contributed by atoms with Crippen LogP contribution in [0.15, 0.2) is 24.5 Å². The summed E-state index contributed by atoms with van der Waals surface area (Å²) in [4.78, 5) is 18.2. The summed E-state index contributed by atoms with van der Waals surface area (Å²) in [6, 6.07) is 3.84. The largest absolute Gasteiger partial charge is 0.465 e. The van der Waals surface area contributed by atoms with Gasteiger partial charge in [-0.15, -0.1) is 0 Å². The molecule has 0 amide bonds. The first-order chi connectivity index (χ1) is 9.31. The lowest BCUT2D eigenvalue weighted by Gasteiger charge is -2.34. The minimum absolute atomic E-state index is 0.124. The number of pyridine rings is 1. The van der Waals surface area contributed by atoms with Crippen molar-refractivity contribution in [2.24, 2.45) is 0 Å². The highest BCUT2D eigenvalue weighted by Gasteiger charge is 2.29. The highest BCUT2D eigenvalue weighted by atomic mass is 16.5. The summed E-state index contributed by atoms with van der Waals surface area (Å²) in [5.41, 5.74) is 1.20. The summed E-state index contributed by atoms with van der Waals surface area (Å²) in [5.74, 6) is -0.124. The minimum atomic E-state index is -0.162. The average Bonchev–Trinajstić information content (AvgIpc) is 2.47. The fraction of sp³-hybridized carbons (Fsp3) is 0.571. The van der Waals surface area contributed by atoms with Gasteiger partial charge in [0.2, 0.25) is 0 Å². The monoisotopic (exact) mass is 263 g/mol. The fourth-order valence-corrected chi connectivity index (χ4v) is 2.30. The molecule has 104 valence electrons. The standard InChI is InChI=1S/C14H21N3O2/c1-2-19-14(18)13-11-16-7-9-17(13)8-5-12-4-3-6-15-10-12/h3-4,6,10,13,16H,2,5,7-9,11H2,1H3. The second-order valence-corrected chi connectivity index (χ2v) is 4.62. The Morgan fingerprint density at radius 2 is 2.53 bits per heavy atom. The molecule has 1 aromatic rings. The highest BCUT2D eigenvalue weighted by molar-refractivity contribution is 5.76. The van der Waals surface area contributed by atoms with Crippen molar-refractivity contribution in [3.05, 3.63) is 30.1 Å². The van der Waals surface area contributed by atoms with E-state index in [1.165, 1.54) is 5.56 Å². The van der Waals surface area contributed by atoms with Gasteiger partial charge in [0.05, 0.1) is 6.61 Å². The molecule has 5 heteroatoms. The van der Waals surface area contributed by atoms with Gasteiger partial charge in [0.25, 0.3) is 0 Å². The Kier molecular flexibility index (Phi) is 5.30. The molecule has 0 aromatic carbocycles. The minimum Gasteiger partial charge on any atom is -0.465 e. The van der Waals surface area contributed by atoms with E-state index >= 15 is 0 Å². The summed E-state index contributed by atoms with van der Waals surface area (Å²) in [6.07, 6.45) is 4.56. The van der Waals surface area contributed by atoms with E-state index in [2.05, 4.69) is 21.3 Å². The second-order valence-electron chi connectivity index (χ2n) is 4.62. The van der Waals surface area contributed by atoms with E-state index in [0.717, 1.165) is 26.1 Å². The molecule has 0 radical (unpaired) electrons. The number of hydrogen-bond donors (Lipinski definition) is 1. The van der Waals surface area contributed by atoms with Crippen molar-refractivity contribution in [1.29, 1.82) is 0 Å². The quantitative estimate of drug-likeness (QED) is 0.782. The fourth-order valence-electron chi connectivity index (χ4n) is 2.30. The molecular weight excluding hydrogens is 242 g/mol. The number of nitrogens with zero attached hydrogens (tertiary/aromatic N) is 2. The maximum absolute atomic E-state index is 11.9. The van der Waals surface area contributed by atoms with Crippen LogP contribution in [0.3, 0.4) is 0 Å². The third-order valence-electron chi connectivity index (χ3n) is 3.32. The molecule has 1 saturated heterocycles. The van der Waals surface area contributed by atoms with E-state index in [1.54, 1.807) is 6.20 Å². The van der Waals surface area contributed by atoms with Crippen molar-refractivity contribution in [1.82, 2.24) is 15.2 Å². The Bertz CT molecular complexity index is 397. The molecule has 1 atom stereocenters. The Morgan fingerprint density at radius 1 is 1.63 bits per heavy atom. The summed E-state index contributed by atoms with van der Waals surface area (Å²) in [7, 11) is 0. The Labute approximate surface area is 114 Å². The molecule has 0 bridgehead atoms. The zero-order valence-electron chi connectivity index (χ0n) is 11.3. The van der Waals surface area contributed by atoms with Gasteiger partial charge >= 0.3 is 5.97 Å². The van der Waals surface area contributed by atoms with E-state index in [-0.39, 0.29) is 12.0 Å². The van der Waals surface area contributed by atoms with Crippen molar-refractivity contribution in [2.45, 2.75) is 19.4 Å². The SMILES string of the molecule is CCOC(=O)C1CNCCN1CCc1cccnc1. The van der Waals surface area contributed by atoms with Crippen molar-refractivity contribution in [3.8, 4) is 0 Å². The molecule has 1 aromatic heterocycles. The lowest BCUT2D eigenvalue weighted by atomic mass is 10.1. The predicted octanol–water partition coefficient (Wildman–Crippen LogP) is 0.461. The number of esters is 1. The molecular formula is C14H21N3O2. The van der Waals surface area contributed by atoms with Crippen LogP contribution in [0.1, 0.15) is 12.5 Å². The van der Waals surface area contributed by atoms with Gasteiger partial charge in [-0.05, 0) is 25.0 Å². The van der Waals surface area contributed by atoms with E-state index in [1.807, 2.05) is 19.2 Å². The van der Waals surface area contributed by atoms with Crippen LogP contribution in [-0.2, 0) is 16.0 Å². The van der Waals surface area contributed by atoms with Gasteiger partial charge in [-0.2, -0.15) is 0 Å². The number of carbonyl (C=O) groups excluding carboxylic acids is 1. The van der Waals surface area contributed by atoms with Gasteiger partial charge in [0.15, 0.2) is 0 Å². The van der Waals surface area contributed by atoms with Crippen LogP contribution < -0.4 is 5.32 Å². The van der Waals surface area contributed by atoms with Gasteiger partial charge < -0.3 is 10.1 Å². The number of piperazine rings is 1. The Morgan fingerprint density at radius 3 is 3.26 bits per heavy atom. The Hall–Kier alpha value is -1.46. The molecule has 1 N–H and O–H groups in total. The van der Waals surface area contributed by atoms with Gasteiger partial charge in [-0.25, -0.2) is 0 Å². The topological polar surface area (TPSA) is 54.5 Å². The number of aromatic nitrogens is 1. The van der Waals surface area contributed by atoms with Crippen LogP contribution in [0, 0.1) is 0 Å². The van der Waals surface area contributed by atoms with E-state index in [4.69, 9.17) is 4.74 Å². The molecule has 1 aliphatic heterocycles. The lowest BCUT2D eigenvalue weighted by Crippen LogP contribution is -2.55. The highest BCUT2D eigenvalue weighted by Crippen LogP contribution is 2.08. The van der Waals surface area contributed by atoms with E-state index < -0.39 is 0 Å². The molecule has 5 nitrogen and oxygen atoms in total. The van der Waals surface area contributed by atoms with Gasteiger partial charge in [0, 0.05) is 38.6 Å². The second kappa shape index (κ2) is 7.21. The van der Waals surface area contributed by atoms with Crippen LogP contribution in [0.5, 0.6) is 0 Å². The molecule has 0 aliphatic carbocycles. The van der Waals surface area contributed by atoms with Gasteiger partial charge in [-0.1, -0.05) is 6.07 Å². The molecule has 2 heterocycles. The predicted molar refractivity (Wildman–Crippen MR) is 72.8 cm³/mol. The number of hydrogen-bond acceptors (Lipinski definition) is 5. The van der Waals surface area contributed by atoms with Crippen LogP contribution >= 0.6 is 0 Å². The summed E-state index contributed by atoms with van der Waals surface area (Å²) in [6.45, 7) is 5.61. The molecule has 2 rings (SSSR count). The summed E-state index contributed by atoms with van der Waals surface area (Å²) in [5, 5.41) is 3.25. The van der Waals surface area contributed by atoms with Crippen LogP contribution in [0.2, 0.25) is 0 Å². The van der Waals surface area contributed by atoms with Crippen LogP contribution in [0.4, 0.5) is 0 Å². The molecule has 1 fully saturated rings. The molecule has 0 spiro atoms. The van der Waals surface area contributed by atoms with Gasteiger partial charge in [0.1, 0.15) is 6.04 Å². The molecule has 1 unspecified atom stereocenters. The maximum atomic E-state index is 11.9. The van der Waals surface area contributed by atoms with E-state index in [9.17, 15) is 4.79 Å². The first-order valence-corrected chi connectivity index (χ1v) is 6.81. The van der Waals surface area contributed by atoms with Crippen LogP contribution in [-0.4, -0.2) is 54.7 Å². The number of nitrogens with one attached hydrogen (secondary N) is 1. The lowest BCUT2D eigenvalue weighted by molar-refractivity contribution is -0.150. The Balaban J connectivity index is 1.90. The molecule has 19 heavy (non-hydrogen) atoms. The zero-order chi connectivity index (χ0) is 13.5. The number of rotatable bonds is 5. The van der Waals surface area contributed by atoms with Crippen molar-refractivity contribution < 1.29 is 9.53 Å². The maximum Gasteiger partial charge on any atom is 0.324 e. The average molecular weight is 263 g/mol. The third kappa shape index (κ3) is 4.01. The van der Waals surface area contributed by atoms with Crippen molar-refractivity contribution in [3.63, 3.8) is 0 Å². The van der Waals surface area contributed by atoms with E-state index in [0.29, 0.717) is 13.2 Å². The smallest absolute Gasteiger partial charge is 0.324 e. The molecule has 0 saturated carbocycles. The van der Waals surface area contributed by atoms with Gasteiger partial charge in [-0.3, -0.25) is 14.7 Å². The summed E-state index contributed by atoms with van der Waals surface area (Å²) < 4.78 is 5.13. The first kappa shape index (κ1) is 14.0. The third-order valence-corrected chi connectivity index (χ3v) is 3.32. The molecule has 1 aliphatic rings. The number of carbonyl (C=O) groups is 1. The first-order valence-electron chi connectivity index (χ1n) is 6.81. The van der Waals surface area contributed by atoms with Crippen LogP contribution in [0.25, 0.3) is 0 Å². The number of ether oxygens (including phenoxy) is 1. The summed E-state index contributed by atoms with van der Waals surface area (Å²) >= 11 is 0. The normalized spacial score (nSPS) is 20.2. The van der Waals surface area contributed by atoms with Crippen molar-refractivity contribution >= 4 is 5.97 Å².